The molecule has 3 aromatic rings. The Labute approximate surface area is 173 Å². The van der Waals surface area contributed by atoms with Crippen molar-refractivity contribution in [3.05, 3.63) is 48.0 Å². The van der Waals surface area contributed by atoms with Gasteiger partial charge in [-0.1, -0.05) is 30.4 Å². The summed E-state index contributed by atoms with van der Waals surface area (Å²) in [5, 5.41) is 3.42. The first kappa shape index (κ1) is 19.4. The summed E-state index contributed by atoms with van der Waals surface area (Å²) in [5.74, 6) is 0.196. The fourth-order valence-electron chi connectivity index (χ4n) is 3.47. The van der Waals surface area contributed by atoms with E-state index in [9.17, 15) is 9.59 Å². The Bertz CT molecular complexity index is 1050. The summed E-state index contributed by atoms with van der Waals surface area (Å²) in [6.45, 7) is 5.01. The molecule has 2 aromatic carbocycles. The Balaban J connectivity index is 1.44. The van der Waals surface area contributed by atoms with Crippen molar-refractivity contribution in [3.63, 3.8) is 0 Å². The van der Waals surface area contributed by atoms with Gasteiger partial charge < -0.3 is 15.0 Å². The number of fused-ring (bicyclic) bond motifs is 1. The van der Waals surface area contributed by atoms with Crippen molar-refractivity contribution in [2.45, 2.75) is 26.7 Å². The number of benzene rings is 2. The van der Waals surface area contributed by atoms with E-state index in [1.54, 1.807) is 4.90 Å². The third-order valence-corrected chi connectivity index (χ3v) is 5.99. The molecule has 0 aliphatic carbocycles. The summed E-state index contributed by atoms with van der Waals surface area (Å²) < 4.78 is 6.46. The standard InChI is InChI=1S/C22H23N3O3S/c1-3-14-5-7-16(8-6-14)25-13-15(11-20(25)26)21(27)24-22-23-18-10-9-17(28-4-2)12-19(18)29-22/h5-10,12,15H,3-4,11,13H2,1-2H3,(H,23,24,27). The number of nitrogens with one attached hydrogen (secondary N) is 1. The monoisotopic (exact) mass is 409 g/mol. The van der Waals surface area contributed by atoms with Gasteiger partial charge in [-0.2, -0.15) is 0 Å². The van der Waals surface area contributed by atoms with Gasteiger partial charge in [0.25, 0.3) is 0 Å². The first-order chi connectivity index (χ1) is 14.1. The predicted molar refractivity (Wildman–Crippen MR) is 116 cm³/mol. The van der Waals surface area contributed by atoms with Crippen molar-refractivity contribution >= 4 is 44.2 Å². The van der Waals surface area contributed by atoms with Crippen LogP contribution in [0.15, 0.2) is 42.5 Å². The highest BCUT2D eigenvalue weighted by molar-refractivity contribution is 7.22. The number of carbonyl (C=O) groups is 2. The molecule has 0 radical (unpaired) electrons. The zero-order valence-electron chi connectivity index (χ0n) is 16.5. The highest BCUT2D eigenvalue weighted by Crippen LogP contribution is 2.31. The van der Waals surface area contributed by atoms with E-state index in [0.717, 1.165) is 28.1 Å². The van der Waals surface area contributed by atoms with E-state index in [1.165, 1.54) is 16.9 Å². The number of rotatable bonds is 6. The van der Waals surface area contributed by atoms with Gasteiger partial charge in [-0.25, -0.2) is 4.98 Å². The molecule has 1 N–H and O–H groups in total. The van der Waals surface area contributed by atoms with Crippen LogP contribution in [0.2, 0.25) is 0 Å². The highest BCUT2D eigenvalue weighted by Gasteiger charge is 2.35. The second-order valence-electron chi connectivity index (χ2n) is 7.00. The Morgan fingerprint density at radius 3 is 2.76 bits per heavy atom. The van der Waals surface area contributed by atoms with E-state index >= 15 is 0 Å². The topological polar surface area (TPSA) is 71.5 Å². The number of nitrogens with zero attached hydrogens (tertiary/aromatic N) is 2. The van der Waals surface area contributed by atoms with Crippen LogP contribution in [-0.2, 0) is 16.0 Å². The van der Waals surface area contributed by atoms with E-state index in [0.29, 0.717) is 18.3 Å². The van der Waals surface area contributed by atoms with Gasteiger partial charge in [-0.3, -0.25) is 9.59 Å². The molecule has 150 valence electrons. The Kier molecular flexibility index (Phi) is 5.49. The zero-order valence-corrected chi connectivity index (χ0v) is 17.3. The first-order valence-corrected chi connectivity index (χ1v) is 10.6. The van der Waals surface area contributed by atoms with Gasteiger partial charge in [0.05, 0.1) is 22.7 Å². The summed E-state index contributed by atoms with van der Waals surface area (Å²) in [6, 6.07) is 13.6. The lowest BCUT2D eigenvalue weighted by molar-refractivity contribution is -0.122. The van der Waals surface area contributed by atoms with E-state index in [-0.39, 0.29) is 24.2 Å². The molecule has 1 aliphatic heterocycles. The van der Waals surface area contributed by atoms with Crippen molar-refractivity contribution < 1.29 is 14.3 Å². The van der Waals surface area contributed by atoms with Crippen LogP contribution in [0.25, 0.3) is 10.2 Å². The molecule has 0 spiro atoms. The SMILES string of the molecule is CCOc1ccc2nc(NC(=O)C3CC(=O)N(c4ccc(CC)cc4)C3)sc2c1. The molecule has 1 saturated heterocycles. The minimum Gasteiger partial charge on any atom is -0.494 e. The number of carbonyl (C=O) groups excluding carboxylic acids is 2. The molecule has 1 fully saturated rings. The van der Waals surface area contributed by atoms with Crippen LogP contribution in [0.4, 0.5) is 10.8 Å². The normalized spacial score (nSPS) is 16.4. The Morgan fingerprint density at radius 1 is 1.24 bits per heavy atom. The molecule has 7 heteroatoms. The zero-order chi connectivity index (χ0) is 20.4. The van der Waals surface area contributed by atoms with Crippen LogP contribution >= 0.6 is 11.3 Å². The van der Waals surface area contributed by atoms with Crippen molar-refractivity contribution in [3.8, 4) is 5.75 Å². The van der Waals surface area contributed by atoms with Crippen LogP contribution < -0.4 is 15.0 Å². The van der Waals surface area contributed by atoms with Gasteiger partial charge in [0, 0.05) is 18.7 Å². The second kappa shape index (κ2) is 8.21. The van der Waals surface area contributed by atoms with Crippen molar-refractivity contribution in [1.29, 1.82) is 0 Å². The summed E-state index contributed by atoms with van der Waals surface area (Å²) in [6.07, 6.45) is 1.16. The van der Waals surface area contributed by atoms with Gasteiger partial charge in [0.1, 0.15) is 5.75 Å². The van der Waals surface area contributed by atoms with Gasteiger partial charge in [-0.15, -0.1) is 0 Å². The molecule has 6 nitrogen and oxygen atoms in total. The molecule has 2 heterocycles. The number of aryl methyl sites for hydroxylation is 1. The summed E-state index contributed by atoms with van der Waals surface area (Å²) >= 11 is 1.40. The minimum absolute atomic E-state index is 0.0277. The molecule has 0 saturated carbocycles. The molecule has 29 heavy (non-hydrogen) atoms. The number of ether oxygens (including phenoxy) is 1. The molecule has 1 aliphatic rings. The predicted octanol–water partition coefficient (Wildman–Crippen LogP) is 4.25. The highest BCUT2D eigenvalue weighted by atomic mass is 32.1. The third-order valence-electron chi connectivity index (χ3n) is 5.05. The lowest BCUT2D eigenvalue weighted by atomic mass is 10.1. The molecule has 0 bridgehead atoms. The second-order valence-corrected chi connectivity index (χ2v) is 8.03. The number of anilines is 2. The molecular formula is C22H23N3O3S. The number of thiazole rings is 1. The van der Waals surface area contributed by atoms with Gasteiger partial charge in [0.2, 0.25) is 11.8 Å². The molecule has 1 atom stereocenters. The van der Waals surface area contributed by atoms with Gasteiger partial charge >= 0.3 is 0 Å². The number of hydrogen-bond donors (Lipinski definition) is 1. The summed E-state index contributed by atoms with van der Waals surface area (Å²) in [4.78, 5) is 31.4. The quantitative estimate of drug-likeness (QED) is 0.661. The van der Waals surface area contributed by atoms with E-state index in [1.807, 2.05) is 49.4 Å². The average molecular weight is 410 g/mol. The fourth-order valence-corrected chi connectivity index (χ4v) is 4.36. The Morgan fingerprint density at radius 2 is 2.03 bits per heavy atom. The van der Waals surface area contributed by atoms with Crippen molar-refractivity contribution in [2.24, 2.45) is 5.92 Å². The minimum atomic E-state index is -0.389. The molecule has 2 amide bonds. The van der Waals surface area contributed by atoms with Crippen LogP contribution in [0.3, 0.4) is 0 Å². The lowest BCUT2D eigenvalue weighted by Crippen LogP contribution is -2.28. The van der Waals surface area contributed by atoms with E-state index < -0.39 is 0 Å². The van der Waals surface area contributed by atoms with Crippen LogP contribution in [0, 0.1) is 5.92 Å². The summed E-state index contributed by atoms with van der Waals surface area (Å²) in [5.41, 5.74) is 2.87. The fraction of sp³-hybridized carbons (Fsp3) is 0.318. The van der Waals surface area contributed by atoms with Gasteiger partial charge in [0.15, 0.2) is 5.13 Å². The van der Waals surface area contributed by atoms with E-state index in [4.69, 9.17) is 4.74 Å². The molecule has 4 rings (SSSR count). The lowest BCUT2D eigenvalue weighted by Gasteiger charge is -2.17. The summed E-state index contributed by atoms with van der Waals surface area (Å²) in [7, 11) is 0. The molecular weight excluding hydrogens is 386 g/mol. The maximum atomic E-state index is 12.7. The van der Waals surface area contributed by atoms with Crippen molar-refractivity contribution in [2.75, 3.05) is 23.4 Å². The largest absolute Gasteiger partial charge is 0.494 e. The first-order valence-electron chi connectivity index (χ1n) is 9.81. The Hall–Kier alpha value is -2.93. The van der Waals surface area contributed by atoms with E-state index in [2.05, 4.69) is 17.2 Å². The third kappa shape index (κ3) is 4.10. The smallest absolute Gasteiger partial charge is 0.231 e. The van der Waals surface area contributed by atoms with Crippen LogP contribution in [0.5, 0.6) is 5.75 Å². The van der Waals surface area contributed by atoms with Gasteiger partial charge in [-0.05, 0) is 49.2 Å². The number of amides is 2. The van der Waals surface area contributed by atoms with Crippen LogP contribution in [0.1, 0.15) is 25.8 Å². The van der Waals surface area contributed by atoms with Crippen molar-refractivity contribution in [1.82, 2.24) is 4.98 Å². The number of hydrogen-bond acceptors (Lipinski definition) is 5. The maximum Gasteiger partial charge on any atom is 0.231 e. The maximum absolute atomic E-state index is 12.7. The average Bonchev–Trinajstić information content (AvgIpc) is 3.31. The van der Waals surface area contributed by atoms with Crippen LogP contribution in [-0.4, -0.2) is 29.9 Å². The molecule has 1 unspecified atom stereocenters. The molecule has 1 aromatic heterocycles. The number of aromatic nitrogens is 1.